The van der Waals surface area contributed by atoms with E-state index in [9.17, 15) is 14.0 Å². The molecular formula is C22H20ClFN4O4. The van der Waals surface area contributed by atoms with Crippen molar-refractivity contribution < 1.29 is 14.2 Å². The van der Waals surface area contributed by atoms with Gasteiger partial charge in [-0.15, -0.1) is 0 Å². The fraction of sp³-hybridized carbons (Fsp3) is 0.227. The number of aryl methyl sites for hydroxylation is 1. The summed E-state index contributed by atoms with van der Waals surface area (Å²) in [4.78, 5) is 30.4. The second kappa shape index (κ2) is 8.97. The Labute approximate surface area is 186 Å². The zero-order chi connectivity index (χ0) is 22.8. The summed E-state index contributed by atoms with van der Waals surface area (Å²) in [7, 11) is 1.51. The van der Waals surface area contributed by atoms with Gasteiger partial charge in [-0.2, -0.15) is 4.98 Å². The number of aliphatic hydroxyl groups is 1. The van der Waals surface area contributed by atoms with Crippen molar-refractivity contribution in [2.24, 2.45) is 7.05 Å². The lowest BCUT2D eigenvalue weighted by Gasteiger charge is -2.11. The molecule has 0 aliphatic heterocycles. The van der Waals surface area contributed by atoms with E-state index in [1.54, 1.807) is 34.9 Å². The molecule has 0 saturated heterocycles. The Balaban J connectivity index is 1.93. The number of fused-ring (bicyclic) bond motifs is 1. The van der Waals surface area contributed by atoms with Crippen LogP contribution in [0, 0.1) is 5.82 Å². The average molecular weight is 459 g/mol. The highest BCUT2D eigenvalue weighted by Gasteiger charge is 2.22. The topological polar surface area (TPSA) is 91.3 Å². The first-order valence-corrected chi connectivity index (χ1v) is 10.3. The van der Waals surface area contributed by atoms with Gasteiger partial charge in [0, 0.05) is 31.3 Å². The molecule has 2 aromatic heterocycles. The van der Waals surface area contributed by atoms with Gasteiger partial charge in [0.1, 0.15) is 11.6 Å². The molecule has 0 bridgehead atoms. The van der Waals surface area contributed by atoms with E-state index in [2.05, 4.69) is 4.98 Å². The van der Waals surface area contributed by atoms with Gasteiger partial charge in [0.15, 0.2) is 11.2 Å². The highest BCUT2D eigenvalue weighted by molar-refractivity contribution is 6.30. The summed E-state index contributed by atoms with van der Waals surface area (Å²) in [6, 6.07) is 12.6. The standard InChI is InChI=1S/C22H20ClFN4O4/c1-26-19-18(20(30)27(22(26)31)10-3-11-29)28(13-14-6-8-15(23)9-7-14)21(25-19)32-17-5-2-4-16(24)12-17/h2,4-9,12,29H,3,10-11,13H2,1H3. The van der Waals surface area contributed by atoms with E-state index in [-0.39, 0.29) is 49.0 Å². The Hall–Kier alpha value is -3.43. The quantitative estimate of drug-likeness (QED) is 0.460. The lowest BCUT2D eigenvalue weighted by Crippen LogP contribution is -2.39. The maximum atomic E-state index is 13.7. The number of benzene rings is 2. The molecule has 4 rings (SSSR count). The number of imidazole rings is 1. The molecule has 8 nitrogen and oxygen atoms in total. The van der Waals surface area contributed by atoms with Crippen molar-refractivity contribution in [2.45, 2.75) is 19.5 Å². The second-order valence-corrected chi connectivity index (χ2v) is 7.65. The minimum absolute atomic E-state index is 0.0348. The van der Waals surface area contributed by atoms with E-state index >= 15 is 0 Å². The molecule has 32 heavy (non-hydrogen) atoms. The van der Waals surface area contributed by atoms with E-state index in [1.165, 1.54) is 29.8 Å². The van der Waals surface area contributed by atoms with Crippen LogP contribution in [0.3, 0.4) is 0 Å². The highest BCUT2D eigenvalue weighted by atomic mass is 35.5. The van der Waals surface area contributed by atoms with Gasteiger partial charge in [0.25, 0.3) is 5.56 Å². The van der Waals surface area contributed by atoms with Gasteiger partial charge in [-0.05, 0) is 36.2 Å². The highest BCUT2D eigenvalue weighted by Crippen LogP contribution is 2.26. The van der Waals surface area contributed by atoms with Crippen molar-refractivity contribution in [3.63, 3.8) is 0 Å². The van der Waals surface area contributed by atoms with Crippen LogP contribution in [0.2, 0.25) is 5.02 Å². The predicted molar refractivity (Wildman–Crippen MR) is 118 cm³/mol. The predicted octanol–water partition coefficient (Wildman–Crippen LogP) is 2.91. The van der Waals surface area contributed by atoms with Gasteiger partial charge in [-0.1, -0.05) is 29.8 Å². The maximum Gasteiger partial charge on any atom is 0.332 e. The molecule has 0 atom stereocenters. The molecule has 0 aliphatic carbocycles. The van der Waals surface area contributed by atoms with Crippen molar-refractivity contribution >= 4 is 22.8 Å². The van der Waals surface area contributed by atoms with Crippen LogP contribution in [-0.2, 0) is 20.1 Å². The van der Waals surface area contributed by atoms with Gasteiger partial charge in [0.05, 0.1) is 6.54 Å². The summed E-state index contributed by atoms with van der Waals surface area (Å²) in [6.07, 6.45) is 0.249. The fourth-order valence-electron chi connectivity index (χ4n) is 3.41. The Morgan fingerprint density at radius 2 is 1.88 bits per heavy atom. The first-order chi connectivity index (χ1) is 15.4. The average Bonchev–Trinajstić information content (AvgIpc) is 3.12. The first kappa shape index (κ1) is 21.8. The summed E-state index contributed by atoms with van der Waals surface area (Å²) < 4.78 is 23.4. The van der Waals surface area contributed by atoms with E-state index in [0.717, 1.165) is 10.1 Å². The van der Waals surface area contributed by atoms with Crippen molar-refractivity contribution in [1.82, 2.24) is 18.7 Å². The zero-order valence-corrected chi connectivity index (χ0v) is 17.9. The van der Waals surface area contributed by atoms with Crippen LogP contribution in [-0.4, -0.2) is 30.4 Å². The number of halogens is 2. The molecule has 4 aromatic rings. The van der Waals surface area contributed by atoms with E-state index in [1.807, 2.05) is 0 Å². The number of aromatic nitrogens is 4. The minimum Gasteiger partial charge on any atom is -0.425 e. The van der Waals surface area contributed by atoms with Crippen molar-refractivity contribution in [2.75, 3.05) is 6.61 Å². The number of rotatable bonds is 7. The third kappa shape index (κ3) is 4.17. The van der Waals surface area contributed by atoms with Gasteiger partial charge >= 0.3 is 11.7 Å². The van der Waals surface area contributed by atoms with Crippen LogP contribution in [0.4, 0.5) is 4.39 Å². The number of aliphatic hydroxyl groups excluding tert-OH is 1. The molecule has 0 radical (unpaired) electrons. The summed E-state index contributed by atoms with van der Waals surface area (Å²) in [5, 5.41) is 9.72. The van der Waals surface area contributed by atoms with Crippen LogP contribution < -0.4 is 16.0 Å². The summed E-state index contributed by atoms with van der Waals surface area (Å²) >= 11 is 5.98. The van der Waals surface area contributed by atoms with Crippen LogP contribution >= 0.6 is 11.6 Å². The second-order valence-electron chi connectivity index (χ2n) is 7.21. The molecule has 0 amide bonds. The van der Waals surface area contributed by atoms with Crippen LogP contribution in [0.5, 0.6) is 11.8 Å². The van der Waals surface area contributed by atoms with E-state index in [4.69, 9.17) is 21.4 Å². The Bertz CT molecular complexity index is 1390. The molecule has 0 unspecified atom stereocenters. The molecule has 10 heteroatoms. The Morgan fingerprint density at radius 3 is 2.56 bits per heavy atom. The van der Waals surface area contributed by atoms with Crippen molar-refractivity contribution in [3.05, 3.63) is 85.8 Å². The number of hydrogen-bond donors (Lipinski definition) is 1. The van der Waals surface area contributed by atoms with Gasteiger partial charge in [0.2, 0.25) is 0 Å². The molecule has 2 heterocycles. The Kier molecular flexibility index (Phi) is 6.11. The lowest BCUT2D eigenvalue weighted by molar-refractivity contribution is 0.277. The van der Waals surface area contributed by atoms with Crippen LogP contribution in [0.15, 0.2) is 58.1 Å². The molecule has 0 fully saturated rings. The minimum atomic E-state index is -0.551. The third-order valence-corrected chi connectivity index (χ3v) is 5.25. The van der Waals surface area contributed by atoms with Crippen LogP contribution in [0.1, 0.15) is 12.0 Å². The molecule has 1 N–H and O–H groups in total. The molecule has 166 valence electrons. The molecule has 2 aromatic carbocycles. The number of ether oxygens (including phenoxy) is 1. The maximum absolute atomic E-state index is 13.7. The molecule has 0 spiro atoms. The number of nitrogens with zero attached hydrogens (tertiary/aromatic N) is 4. The molecule has 0 aliphatic rings. The normalized spacial score (nSPS) is 11.2. The number of hydrogen-bond acceptors (Lipinski definition) is 5. The van der Waals surface area contributed by atoms with E-state index in [0.29, 0.717) is 5.02 Å². The first-order valence-electron chi connectivity index (χ1n) is 9.88. The molecule has 0 saturated carbocycles. The van der Waals surface area contributed by atoms with Crippen molar-refractivity contribution in [3.8, 4) is 11.8 Å². The third-order valence-electron chi connectivity index (χ3n) is 5.00. The largest absolute Gasteiger partial charge is 0.425 e. The smallest absolute Gasteiger partial charge is 0.332 e. The van der Waals surface area contributed by atoms with Gasteiger partial charge in [-0.25, -0.2) is 9.18 Å². The van der Waals surface area contributed by atoms with Crippen molar-refractivity contribution in [1.29, 1.82) is 0 Å². The SMILES string of the molecule is Cn1c(=O)n(CCCO)c(=O)c2c1nc(Oc1cccc(F)c1)n2Cc1ccc(Cl)cc1. The lowest BCUT2D eigenvalue weighted by atomic mass is 10.2. The Morgan fingerprint density at radius 1 is 1.12 bits per heavy atom. The monoisotopic (exact) mass is 458 g/mol. The zero-order valence-electron chi connectivity index (χ0n) is 17.2. The molecular weight excluding hydrogens is 439 g/mol. The van der Waals surface area contributed by atoms with Gasteiger partial charge in [-0.3, -0.25) is 18.5 Å². The van der Waals surface area contributed by atoms with Gasteiger partial charge < -0.3 is 9.84 Å². The fourth-order valence-corrected chi connectivity index (χ4v) is 3.54. The summed E-state index contributed by atoms with van der Waals surface area (Å²) in [5.41, 5.74) is 0.0106. The van der Waals surface area contributed by atoms with E-state index < -0.39 is 17.1 Å². The summed E-state index contributed by atoms with van der Waals surface area (Å²) in [5.74, 6) is -0.287. The summed E-state index contributed by atoms with van der Waals surface area (Å²) in [6.45, 7) is 0.0987. The van der Waals surface area contributed by atoms with Crippen LogP contribution in [0.25, 0.3) is 11.2 Å².